The lowest BCUT2D eigenvalue weighted by molar-refractivity contribution is 0.242. The maximum absolute atomic E-state index is 13.1. The van der Waals surface area contributed by atoms with Gasteiger partial charge in [0.05, 0.1) is 23.2 Å². The van der Waals surface area contributed by atoms with Crippen LogP contribution in [0.3, 0.4) is 0 Å². The van der Waals surface area contributed by atoms with Gasteiger partial charge >= 0.3 is 0 Å². The lowest BCUT2D eigenvalue weighted by atomic mass is 10.2. The van der Waals surface area contributed by atoms with Crippen LogP contribution in [-0.4, -0.2) is 22.0 Å². The van der Waals surface area contributed by atoms with Crippen LogP contribution in [0.4, 0.5) is 0 Å². The summed E-state index contributed by atoms with van der Waals surface area (Å²) in [4.78, 5) is 17.8. The largest absolute Gasteiger partial charge is 0.490 e. The van der Waals surface area contributed by atoms with Crippen molar-refractivity contribution >= 4 is 33.0 Å². The Morgan fingerprint density at radius 2 is 2.04 bits per heavy atom. The predicted octanol–water partition coefficient (Wildman–Crippen LogP) is 5.17. The van der Waals surface area contributed by atoms with Crippen molar-refractivity contribution in [3.63, 3.8) is 0 Å². The topological polar surface area (TPSA) is 56.5 Å². The fraction of sp³-hybridized carbons (Fsp3) is 0.318. The van der Waals surface area contributed by atoms with Crippen molar-refractivity contribution in [1.82, 2.24) is 9.66 Å². The Hall–Kier alpha value is -2.47. The number of halogens is 1. The van der Waals surface area contributed by atoms with Gasteiger partial charge in [0.2, 0.25) is 0 Å². The summed E-state index contributed by atoms with van der Waals surface area (Å²) in [5.74, 6) is 1.40. The number of rotatable bonds is 7. The van der Waals surface area contributed by atoms with Crippen LogP contribution < -0.4 is 10.3 Å². The molecule has 0 saturated heterocycles. The lowest BCUT2D eigenvalue weighted by Gasteiger charge is -2.12. The second-order valence-electron chi connectivity index (χ2n) is 6.86. The van der Waals surface area contributed by atoms with Gasteiger partial charge in [-0.1, -0.05) is 41.4 Å². The molecule has 6 heteroatoms. The van der Waals surface area contributed by atoms with E-state index in [-0.39, 0.29) is 11.7 Å². The predicted molar refractivity (Wildman–Crippen MR) is 118 cm³/mol. The van der Waals surface area contributed by atoms with E-state index in [4.69, 9.17) is 9.72 Å². The van der Waals surface area contributed by atoms with Crippen molar-refractivity contribution in [2.45, 2.75) is 46.1 Å². The van der Waals surface area contributed by atoms with E-state index in [9.17, 15) is 4.79 Å². The van der Waals surface area contributed by atoms with E-state index in [1.54, 1.807) is 12.3 Å². The first-order chi connectivity index (χ1) is 13.5. The van der Waals surface area contributed by atoms with Crippen LogP contribution in [0, 0.1) is 0 Å². The number of hydrogen-bond donors (Lipinski definition) is 0. The fourth-order valence-electron chi connectivity index (χ4n) is 2.88. The molecule has 0 aliphatic carbocycles. The SMILES string of the molecule is CCCCc1nc2ccc(Br)cc2c(=O)n1N=Cc1ccccc1OC(C)C. The molecular formula is C22H24BrN3O2. The summed E-state index contributed by atoms with van der Waals surface area (Å²) in [6.45, 7) is 6.07. The number of unbranched alkanes of at least 4 members (excludes halogenated alkanes) is 1. The molecule has 28 heavy (non-hydrogen) atoms. The number of nitrogens with zero attached hydrogens (tertiary/aromatic N) is 3. The average molecular weight is 442 g/mol. The highest BCUT2D eigenvalue weighted by Crippen LogP contribution is 2.19. The Kier molecular flexibility index (Phi) is 6.62. The molecule has 0 radical (unpaired) electrons. The van der Waals surface area contributed by atoms with Crippen LogP contribution >= 0.6 is 15.9 Å². The Morgan fingerprint density at radius 1 is 1.25 bits per heavy atom. The smallest absolute Gasteiger partial charge is 0.282 e. The summed E-state index contributed by atoms with van der Waals surface area (Å²) in [7, 11) is 0. The summed E-state index contributed by atoms with van der Waals surface area (Å²) >= 11 is 3.43. The number of benzene rings is 2. The molecule has 5 nitrogen and oxygen atoms in total. The van der Waals surface area contributed by atoms with Crippen molar-refractivity contribution < 1.29 is 4.74 Å². The molecule has 0 bridgehead atoms. The molecule has 0 fully saturated rings. The van der Waals surface area contributed by atoms with Crippen molar-refractivity contribution in [2.75, 3.05) is 0 Å². The van der Waals surface area contributed by atoms with Crippen LogP contribution in [0.5, 0.6) is 5.75 Å². The summed E-state index contributed by atoms with van der Waals surface area (Å²) < 4.78 is 8.10. The molecular weight excluding hydrogens is 418 g/mol. The van der Waals surface area contributed by atoms with Crippen molar-refractivity contribution in [1.29, 1.82) is 0 Å². The average Bonchev–Trinajstić information content (AvgIpc) is 2.67. The van der Waals surface area contributed by atoms with E-state index < -0.39 is 0 Å². The number of para-hydroxylation sites is 1. The zero-order valence-corrected chi connectivity index (χ0v) is 17.9. The van der Waals surface area contributed by atoms with E-state index in [1.807, 2.05) is 50.2 Å². The van der Waals surface area contributed by atoms with Gasteiger partial charge in [-0.25, -0.2) is 4.98 Å². The zero-order chi connectivity index (χ0) is 20.1. The number of ether oxygens (including phenoxy) is 1. The highest BCUT2D eigenvalue weighted by molar-refractivity contribution is 9.10. The quantitative estimate of drug-likeness (QED) is 0.475. The van der Waals surface area contributed by atoms with Gasteiger partial charge in [-0.2, -0.15) is 9.78 Å². The van der Waals surface area contributed by atoms with E-state index >= 15 is 0 Å². The molecule has 1 aromatic heterocycles. The zero-order valence-electron chi connectivity index (χ0n) is 16.4. The number of hydrogen-bond acceptors (Lipinski definition) is 4. The summed E-state index contributed by atoms with van der Waals surface area (Å²) in [5.41, 5.74) is 1.34. The molecule has 2 aromatic carbocycles. The standard InChI is InChI=1S/C22H24BrN3O2/c1-4-5-10-21-25-19-12-11-17(23)13-18(19)22(27)26(21)24-14-16-8-6-7-9-20(16)28-15(2)3/h6-9,11-15H,4-5,10H2,1-3H3. The third-order valence-electron chi connectivity index (χ3n) is 4.22. The molecule has 0 atom stereocenters. The molecule has 0 aliphatic rings. The van der Waals surface area contributed by atoms with E-state index in [0.717, 1.165) is 28.6 Å². The molecule has 1 heterocycles. The molecule has 146 valence electrons. The van der Waals surface area contributed by atoms with Crippen LogP contribution in [0.25, 0.3) is 10.9 Å². The van der Waals surface area contributed by atoms with Gasteiger partial charge in [0, 0.05) is 16.5 Å². The molecule has 0 saturated carbocycles. The third-order valence-corrected chi connectivity index (χ3v) is 4.72. The Labute approximate surface area is 173 Å². The maximum Gasteiger partial charge on any atom is 0.282 e. The number of aromatic nitrogens is 2. The monoisotopic (exact) mass is 441 g/mol. The third kappa shape index (κ3) is 4.68. The normalized spacial score (nSPS) is 11.6. The van der Waals surface area contributed by atoms with Gasteiger partial charge in [0.25, 0.3) is 5.56 Å². The molecule has 0 amide bonds. The molecule has 3 aromatic rings. The first-order valence-corrected chi connectivity index (χ1v) is 10.3. The van der Waals surface area contributed by atoms with Gasteiger partial charge in [-0.15, -0.1) is 0 Å². The Balaban J connectivity index is 2.10. The van der Waals surface area contributed by atoms with Crippen molar-refractivity contribution in [3.05, 3.63) is 68.7 Å². The van der Waals surface area contributed by atoms with Crippen LogP contribution in [0.2, 0.25) is 0 Å². The second-order valence-corrected chi connectivity index (χ2v) is 7.77. The molecule has 0 spiro atoms. The number of fused-ring (bicyclic) bond motifs is 1. The molecule has 0 aliphatic heterocycles. The van der Waals surface area contributed by atoms with Gasteiger partial charge in [0.1, 0.15) is 11.6 Å². The molecule has 3 rings (SSSR count). The van der Waals surface area contributed by atoms with E-state index in [0.29, 0.717) is 23.1 Å². The first-order valence-electron chi connectivity index (χ1n) is 9.50. The van der Waals surface area contributed by atoms with Gasteiger partial charge in [-0.3, -0.25) is 4.79 Å². The first kappa shape index (κ1) is 20.3. The van der Waals surface area contributed by atoms with Gasteiger partial charge in [-0.05, 0) is 50.6 Å². The fourth-order valence-corrected chi connectivity index (χ4v) is 3.24. The van der Waals surface area contributed by atoms with Crippen molar-refractivity contribution in [2.24, 2.45) is 5.10 Å². The van der Waals surface area contributed by atoms with E-state index in [1.165, 1.54) is 4.68 Å². The molecule has 0 unspecified atom stereocenters. The minimum absolute atomic E-state index is 0.0528. The van der Waals surface area contributed by atoms with Crippen molar-refractivity contribution in [3.8, 4) is 5.75 Å². The summed E-state index contributed by atoms with van der Waals surface area (Å²) in [6.07, 6.45) is 4.37. The highest BCUT2D eigenvalue weighted by Gasteiger charge is 2.11. The van der Waals surface area contributed by atoms with Crippen LogP contribution in [-0.2, 0) is 6.42 Å². The second kappa shape index (κ2) is 9.15. The van der Waals surface area contributed by atoms with Gasteiger partial charge in [0.15, 0.2) is 0 Å². The van der Waals surface area contributed by atoms with Crippen LogP contribution in [0.1, 0.15) is 45.0 Å². The summed E-state index contributed by atoms with van der Waals surface area (Å²) in [6, 6.07) is 13.2. The number of aryl methyl sites for hydroxylation is 1. The minimum Gasteiger partial charge on any atom is -0.490 e. The summed E-state index contributed by atoms with van der Waals surface area (Å²) in [5, 5.41) is 5.04. The van der Waals surface area contributed by atoms with Crippen LogP contribution in [0.15, 0.2) is 56.8 Å². The Bertz CT molecular complexity index is 1060. The minimum atomic E-state index is -0.170. The lowest BCUT2D eigenvalue weighted by Crippen LogP contribution is -2.22. The van der Waals surface area contributed by atoms with E-state index in [2.05, 4.69) is 28.0 Å². The maximum atomic E-state index is 13.1. The molecule has 0 N–H and O–H groups in total. The van der Waals surface area contributed by atoms with Gasteiger partial charge < -0.3 is 4.74 Å². The Morgan fingerprint density at radius 3 is 2.79 bits per heavy atom. The highest BCUT2D eigenvalue weighted by atomic mass is 79.9.